The van der Waals surface area contributed by atoms with Gasteiger partial charge in [-0.3, -0.25) is 0 Å². The van der Waals surface area contributed by atoms with Crippen LogP contribution in [0.4, 0.5) is 0 Å². The molecular formula is C21H17NO2. The van der Waals surface area contributed by atoms with Gasteiger partial charge in [0.1, 0.15) is 0 Å². The molecule has 3 heteroatoms. The molecule has 0 bridgehead atoms. The first-order valence-electron chi connectivity index (χ1n) is 8.05. The molecule has 0 spiro atoms. The van der Waals surface area contributed by atoms with Gasteiger partial charge in [-0.2, -0.15) is 0 Å². The van der Waals surface area contributed by atoms with E-state index in [4.69, 9.17) is 4.74 Å². The summed E-state index contributed by atoms with van der Waals surface area (Å²) in [5, 5.41) is 3.13. The molecule has 0 unspecified atom stereocenters. The van der Waals surface area contributed by atoms with E-state index < -0.39 is 0 Å². The van der Waals surface area contributed by atoms with Crippen LogP contribution in [0.5, 0.6) is 0 Å². The first-order valence-corrected chi connectivity index (χ1v) is 8.05. The lowest BCUT2D eigenvalue weighted by atomic mass is 10.0. The van der Waals surface area contributed by atoms with Crippen LogP contribution in [0, 0.1) is 0 Å². The third-order valence-electron chi connectivity index (χ3n) is 4.24. The second kappa shape index (κ2) is 5.85. The number of carbonyl (C=O) groups excluding carboxylic acids is 1. The van der Waals surface area contributed by atoms with E-state index in [1.807, 2.05) is 61.5 Å². The van der Waals surface area contributed by atoms with Crippen LogP contribution in [0.1, 0.15) is 17.3 Å². The second-order valence-electron chi connectivity index (χ2n) is 5.67. The van der Waals surface area contributed by atoms with Gasteiger partial charge in [0.25, 0.3) is 0 Å². The molecule has 0 aliphatic rings. The highest BCUT2D eigenvalue weighted by Gasteiger charge is 2.21. The number of aromatic nitrogens is 1. The Hall–Kier alpha value is -3.07. The molecule has 0 amide bonds. The standard InChI is InChI=1S/C21H17NO2/c1-2-24-21(23)18-17-13-12-14-8-6-7-11-16(14)20(17)22-19(18)15-9-4-3-5-10-15/h3-13,22H,2H2,1H3. The normalized spacial score (nSPS) is 11.0. The summed E-state index contributed by atoms with van der Waals surface area (Å²) in [6.45, 7) is 2.18. The molecule has 0 saturated heterocycles. The first kappa shape index (κ1) is 14.5. The number of ether oxygens (including phenoxy) is 1. The predicted molar refractivity (Wildman–Crippen MR) is 97.2 cm³/mol. The maximum atomic E-state index is 12.6. The highest BCUT2D eigenvalue weighted by molar-refractivity contribution is 6.16. The fourth-order valence-corrected chi connectivity index (χ4v) is 3.17. The van der Waals surface area contributed by atoms with Gasteiger partial charge >= 0.3 is 5.97 Å². The summed E-state index contributed by atoms with van der Waals surface area (Å²) in [6.07, 6.45) is 0. The number of carbonyl (C=O) groups is 1. The summed E-state index contributed by atoms with van der Waals surface area (Å²) >= 11 is 0. The van der Waals surface area contributed by atoms with Crippen LogP contribution in [-0.2, 0) is 4.74 Å². The van der Waals surface area contributed by atoms with Crippen molar-refractivity contribution in [2.45, 2.75) is 6.92 Å². The molecule has 4 aromatic rings. The van der Waals surface area contributed by atoms with Gasteiger partial charge in [0.2, 0.25) is 0 Å². The number of nitrogens with one attached hydrogen (secondary N) is 1. The molecule has 0 radical (unpaired) electrons. The Labute approximate surface area is 139 Å². The van der Waals surface area contributed by atoms with Crippen LogP contribution in [0.3, 0.4) is 0 Å². The van der Waals surface area contributed by atoms with E-state index in [1.165, 1.54) is 0 Å². The Morgan fingerprint density at radius 2 is 1.67 bits per heavy atom. The minimum Gasteiger partial charge on any atom is -0.462 e. The van der Waals surface area contributed by atoms with E-state index in [1.54, 1.807) is 0 Å². The monoisotopic (exact) mass is 315 g/mol. The highest BCUT2D eigenvalue weighted by atomic mass is 16.5. The molecule has 0 aliphatic carbocycles. The van der Waals surface area contributed by atoms with E-state index in [0.29, 0.717) is 12.2 Å². The Bertz CT molecular complexity index is 1030. The van der Waals surface area contributed by atoms with Crippen molar-refractivity contribution in [3.8, 4) is 11.3 Å². The average Bonchev–Trinajstić information content (AvgIpc) is 3.03. The largest absolute Gasteiger partial charge is 0.462 e. The Balaban J connectivity index is 2.08. The van der Waals surface area contributed by atoms with Crippen LogP contribution in [-0.4, -0.2) is 17.6 Å². The zero-order valence-electron chi connectivity index (χ0n) is 13.4. The summed E-state index contributed by atoms with van der Waals surface area (Å²) in [4.78, 5) is 16.1. The number of rotatable bonds is 3. The maximum absolute atomic E-state index is 12.6. The highest BCUT2D eigenvalue weighted by Crippen LogP contribution is 2.34. The zero-order chi connectivity index (χ0) is 16.5. The number of hydrogen-bond acceptors (Lipinski definition) is 2. The minimum atomic E-state index is -0.294. The molecule has 1 N–H and O–H groups in total. The van der Waals surface area contributed by atoms with Gasteiger partial charge in [-0.05, 0) is 17.9 Å². The van der Waals surface area contributed by atoms with Crippen molar-refractivity contribution in [1.29, 1.82) is 0 Å². The van der Waals surface area contributed by atoms with Crippen molar-refractivity contribution in [3.63, 3.8) is 0 Å². The van der Waals surface area contributed by atoms with Crippen molar-refractivity contribution < 1.29 is 9.53 Å². The number of H-pyrrole nitrogens is 1. The lowest BCUT2D eigenvalue weighted by molar-refractivity contribution is 0.0529. The number of aromatic amines is 1. The van der Waals surface area contributed by atoms with Crippen LogP contribution >= 0.6 is 0 Å². The molecule has 118 valence electrons. The molecule has 0 fully saturated rings. The summed E-state index contributed by atoms with van der Waals surface area (Å²) in [6, 6.07) is 22.1. The van der Waals surface area contributed by atoms with E-state index in [2.05, 4.69) is 17.1 Å². The van der Waals surface area contributed by atoms with E-state index in [-0.39, 0.29) is 5.97 Å². The van der Waals surface area contributed by atoms with Crippen LogP contribution in [0.25, 0.3) is 32.9 Å². The molecule has 3 nitrogen and oxygen atoms in total. The Morgan fingerprint density at radius 3 is 2.46 bits per heavy atom. The number of fused-ring (bicyclic) bond motifs is 3. The summed E-state index contributed by atoms with van der Waals surface area (Å²) < 4.78 is 5.31. The van der Waals surface area contributed by atoms with Gasteiger partial charge in [0.15, 0.2) is 0 Å². The van der Waals surface area contributed by atoms with Gasteiger partial charge in [-0.25, -0.2) is 4.79 Å². The molecule has 3 aromatic carbocycles. The SMILES string of the molecule is CCOC(=O)c1c(-c2ccccc2)[nH]c2c1ccc1ccccc12. The van der Waals surface area contributed by atoms with Crippen molar-refractivity contribution in [2.75, 3.05) is 6.61 Å². The van der Waals surface area contributed by atoms with E-state index in [9.17, 15) is 4.79 Å². The molecule has 24 heavy (non-hydrogen) atoms. The van der Waals surface area contributed by atoms with Crippen molar-refractivity contribution in [1.82, 2.24) is 4.98 Å². The topological polar surface area (TPSA) is 42.1 Å². The third kappa shape index (κ3) is 2.26. The van der Waals surface area contributed by atoms with Crippen LogP contribution in [0.2, 0.25) is 0 Å². The smallest absolute Gasteiger partial charge is 0.340 e. The summed E-state index contributed by atoms with van der Waals surface area (Å²) in [5.41, 5.74) is 3.35. The third-order valence-corrected chi connectivity index (χ3v) is 4.24. The molecule has 0 aliphatic heterocycles. The lowest BCUT2D eigenvalue weighted by Crippen LogP contribution is -2.05. The Morgan fingerprint density at radius 1 is 0.917 bits per heavy atom. The fraction of sp³-hybridized carbons (Fsp3) is 0.0952. The minimum absolute atomic E-state index is 0.294. The number of benzene rings is 3. The summed E-state index contributed by atoms with van der Waals surface area (Å²) in [5.74, 6) is -0.294. The van der Waals surface area contributed by atoms with Gasteiger partial charge in [0.05, 0.1) is 23.4 Å². The fourth-order valence-electron chi connectivity index (χ4n) is 3.17. The van der Waals surface area contributed by atoms with Crippen LogP contribution in [0.15, 0.2) is 66.7 Å². The van der Waals surface area contributed by atoms with Crippen molar-refractivity contribution >= 4 is 27.6 Å². The Kier molecular flexibility index (Phi) is 3.54. The molecule has 1 heterocycles. The zero-order valence-corrected chi connectivity index (χ0v) is 13.4. The molecule has 1 aromatic heterocycles. The predicted octanol–water partition coefficient (Wildman–Crippen LogP) is 5.16. The van der Waals surface area contributed by atoms with Crippen LogP contribution < -0.4 is 0 Å². The van der Waals surface area contributed by atoms with E-state index >= 15 is 0 Å². The van der Waals surface area contributed by atoms with Crippen molar-refractivity contribution in [2.24, 2.45) is 0 Å². The van der Waals surface area contributed by atoms with Crippen molar-refractivity contribution in [3.05, 3.63) is 72.3 Å². The molecule has 0 saturated carbocycles. The maximum Gasteiger partial charge on any atom is 0.340 e. The lowest BCUT2D eigenvalue weighted by Gasteiger charge is -2.05. The quantitative estimate of drug-likeness (QED) is 0.530. The molecule has 4 rings (SSSR count). The average molecular weight is 315 g/mol. The number of esters is 1. The number of hydrogen-bond donors (Lipinski definition) is 1. The van der Waals surface area contributed by atoms with Gasteiger partial charge in [-0.1, -0.05) is 66.7 Å². The molecular weight excluding hydrogens is 298 g/mol. The first-order chi connectivity index (χ1) is 11.8. The summed E-state index contributed by atoms with van der Waals surface area (Å²) in [7, 11) is 0. The van der Waals surface area contributed by atoms with Gasteiger partial charge < -0.3 is 9.72 Å². The molecule has 0 atom stereocenters. The second-order valence-corrected chi connectivity index (χ2v) is 5.67. The van der Waals surface area contributed by atoms with Gasteiger partial charge in [0, 0.05) is 10.8 Å². The van der Waals surface area contributed by atoms with Gasteiger partial charge in [-0.15, -0.1) is 0 Å². The van der Waals surface area contributed by atoms with E-state index in [0.717, 1.165) is 32.9 Å².